The maximum Gasteiger partial charge on any atom is 0.247 e. The van der Waals surface area contributed by atoms with Crippen LogP contribution in [0.4, 0.5) is 5.69 Å². The van der Waals surface area contributed by atoms with Crippen molar-refractivity contribution in [3.05, 3.63) is 24.3 Å². The lowest BCUT2D eigenvalue weighted by molar-refractivity contribution is -0.136. The molecule has 1 aromatic carbocycles. The Morgan fingerprint density at radius 1 is 1.27 bits per heavy atom. The molecule has 142 valence electrons. The van der Waals surface area contributed by atoms with Gasteiger partial charge in [0.2, 0.25) is 21.8 Å². The number of rotatable bonds is 7. The molecule has 2 amide bonds. The van der Waals surface area contributed by atoms with Crippen LogP contribution in [-0.4, -0.2) is 43.8 Å². The standard InChI is InChI=1S/C18H25N3O4S/c1-12(2)17(21-10-4-7-16(21)22)18(23)19-14-5-3-6-15(11-14)26(24,25)20-13-8-9-13/h3,5-6,11-13,17,20H,4,7-10H2,1-2H3,(H,19,23). The van der Waals surface area contributed by atoms with Gasteiger partial charge in [0.05, 0.1) is 4.90 Å². The third-order valence-corrected chi connectivity index (χ3v) is 6.18. The topological polar surface area (TPSA) is 95.6 Å². The molecule has 0 spiro atoms. The van der Waals surface area contributed by atoms with E-state index in [0.717, 1.165) is 19.3 Å². The molecule has 1 saturated carbocycles. The lowest BCUT2D eigenvalue weighted by Crippen LogP contribution is -2.47. The van der Waals surface area contributed by atoms with E-state index in [0.29, 0.717) is 18.7 Å². The van der Waals surface area contributed by atoms with Crippen molar-refractivity contribution in [2.45, 2.75) is 56.5 Å². The highest BCUT2D eigenvalue weighted by molar-refractivity contribution is 7.89. The fraction of sp³-hybridized carbons (Fsp3) is 0.556. The molecule has 0 radical (unpaired) electrons. The molecule has 2 aliphatic rings. The van der Waals surface area contributed by atoms with Gasteiger partial charge in [-0.15, -0.1) is 0 Å². The molecule has 26 heavy (non-hydrogen) atoms. The normalized spacial score (nSPS) is 19.0. The van der Waals surface area contributed by atoms with Crippen molar-refractivity contribution >= 4 is 27.5 Å². The van der Waals surface area contributed by atoms with Gasteiger partial charge in [-0.25, -0.2) is 13.1 Å². The van der Waals surface area contributed by atoms with Crippen LogP contribution in [0.2, 0.25) is 0 Å². The molecule has 1 atom stereocenters. The van der Waals surface area contributed by atoms with E-state index in [9.17, 15) is 18.0 Å². The number of nitrogens with one attached hydrogen (secondary N) is 2. The second-order valence-corrected chi connectivity index (χ2v) is 9.01. The number of hydrogen-bond acceptors (Lipinski definition) is 4. The summed E-state index contributed by atoms with van der Waals surface area (Å²) in [6, 6.07) is 5.66. The van der Waals surface area contributed by atoms with E-state index >= 15 is 0 Å². The van der Waals surface area contributed by atoms with Crippen LogP contribution in [0.25, 0.3) is 0 Å². The highest BCUT2D eigenvalue weighted by Crippen LogP contribution is 2.24. The molecule has 0 bridgehead atoms. The molecule has 1 aliphatic carbocycles. The molecule has 1 aromatic rings. The molecule has 0 aromatic heterocycles. The van der Waals surface area contributed by atoms with E-state index < -0.39 is 16.1 Å². The summed E-state index contributed by atoms with van der Waals surface area (Å²) in [5.41, 5.74) is 0.408. The maximum atomic E-state index is 12.8. The molecule has 1 aliphatic heterocycles. The van der Waals surface area contributed by atoms with Crippen LogP contribution in [0, 0.1) is 5.92 Å². The van der Waals surface area contributed by atoms with Crippen molar-refractivity contribution in [1.29, 1.82) is 0 Å². The Hall–Kier alpha value is -1.93. The molecule has 2 N–H and O–H groups in total. The van der Waals surface area contributed by atoms with Gasteiger partial charge in [-0.3, -0.25) is 9.59 Å². The second-order valence-electron chi connectivity index (χ2n) is 7.29. The van der Waals surface area contributed by atoms with Gasteiger partial charge in [-0.1, -0.05) is 19.9 Å². The van der Waals surface area contributed by atoms with Crippen LogP contribution >= 0.6 is 0 Å². The first kappa shape index (κ1) is 18.8. The SMILES string of the molecule is CC(C)C(C(=O)Nc1cccc(S(=O)(=O)NC2CC2)c1)N1CCCC1=O. The van der Waals surface area contributed by atoms with Crippen LogP contribution in [0.5, 0.6) is 0 Å². The molecule has 2 fully saturated rings. The zero-order chi connectivity index (χ0) is 18.9. The molecule has 1 unspecified atom stereocenters. The minimum absolute atomic E-state index is 0.0104. The van der Waals surface area contributed by atoms with Gasteiger partial charge in [0.1, 0.15) is 6.04 Å². The Morgan fingerprint density at radius 3 is 2.58 bits per heavy atom. The summed E-state index contributed by atoms with van der Waals surface area (Å²) in [6.45, 7) is 4.38. The van der Waals surface area contributed by atoms with Crippen LogP contribution in [0.15, 0.2) is 29.2 Å². The lowest BCUT2D eigenvalue weighted by Gasteiger charge is -2.29. The molecule has 3 rings (SSSR count). The third-order valence-electron chi connectivity index (χ3n) is 4.66. The molecule has 8 heteroatoms. The first-order valence-electron chi connectivity index (χ1n) is 9.00. The summed E-state index contributed by atoms with van der Waals surface area (Å²) in [7, 11) is -3.58. The summed E-state index contributed by atoms with van der Waals surface area (Å²) < 4.78 is 27.3. The number of amides is 2. The first-order valence-corrected chi connectivity index (χ1v) is 10.5. The van der Waals surface area contributed by atoms with Crippen molar-refractivity contribution in [2.75, 3.05) is 11.9 Å². The van der Waals surface area contributed by atoms with E-state index in [1.807, 2.05) is 13.8 Å². The number of benzene rings is 1. The summed E-state index contributed by atoms with van der Waals surface area (Å²) >= 11 is 0. The fourth-order valence-electron chi connectivity index (χ4n) is 3.21. The predicted molar refractivity (Wildman–Crippen MR) is 98.0 cm³/mol. The number of carbonyl (C=O) groups excluding carboxylic acids is 2. The molecular formula is C18H25N3O4S. The largest absolute Gasteiger partial charge is 0.330 e. The van der Waals surface area contributed by atoms with Gasteiger partial charge < -0.3 is 10.2 Å². The molecule has 1 heterocycles. The van der Waals surface area contributed by atoms with Gasteiger partial charge in [0.15, 0.2) is 0 Å². The van der Waals surface area contributed by atoms with Crippen LogP contribution in [0.1, 0.15) is 39.5 Å². The Kier molecular flexibility index (Phi) is 5.34. The predicted octanol–water partition coefficient (Wildman–Crippen LogP) is 1.71. The van der Waals surface area contributed by atoms with Gasteiger partial charge in [0.25, 0.3) is 0 Å². The maximum absolute atomic E-state index is 12.8. The van der Waals surface area contributed by atoms with Crippen LogP contribution in [-0.2, 0) is 19.6 Å². The Balaban J connectivity index is 1.75. The monoisotopic (exact) mass is 379 g/mol. The van der Waals surface area contributed by atoms with Gasteiger partial charge in [-0.05, 0) is 43.4 Å². The first-order chi connectivity index (χ1) is 12.3. The number of sulfonamides is 1. The minimum atomic E-state index is -3.58. The summed E-state index contributed by atoms with van der Waals surface area (Å²) in [6.07, 6.45) is 2.94. The lowest BCUT2D eigenvalue weighted by atomic mass is 10.0. The zero-order valence-electron chi connectivity index (χ0n) is 15.1. The summed E-state index contributed by atoms with van der Waals surface area (Å²) in [5, 5.41) is 2.78. The van der Waals surface area contributed by atoms with Gasteiger partial charge in [0, 0.05) is 24.7 Å². The highest BCUT2D eigenvalue weighted by atomic mass is 32.2. The van der Waals surface area contributed by atoms with Gasteiger partial charge in [-0.2, -0.15) is 0 Å². The molecule has 1 saturated heterocycles. The smallest absolute Gasteiger partial charge is 0.247 e. The summed E-state index contributed by atoms with van der Waals surface area (Å²) in [5.74, 6) is -0.343. The average Bonchev–Trinajstić information content (AvgIpc) is 3.27. The Labute approximate surface area is 154 Å². The van der Waals surface area contributed by atoms with E-state index in [1.165, 1.54) is 12.1 Å². The van der Waals surface area contributed by atoms with E-state index in [4.69, 9.17) is 0 Å². The van der Waals surface area contributed by atoms with Crippen LogP contribution < -0.4 is 10.0 Å². The van der Waals surface area contributed by atoms with Crippen molar-refractivity contribution in [3.63, 3.8) is 0 Å². The van der Waals surface area contributed by atoms with Crippen LogP contribution in [0.3, 0.4) is 0 Å². The number of hydrogen-bond donors (Lipinski definition) is 2. The highest BCUT2D eigenvalue weighted by Gasteiger charge is 2.35. The van der Waals surface area contributed by atoms with Crippen molar-refractivity contribution in [2.24, 2.45) is 5.92 Å². The zero-order valence-corrected chi connectivity index (χ0v) is 15.9. The van der Waals surface area contributed by atoms with Crippen molar-refractivity contribution < 1.29 is 18.0 Å². The third kappa shape index (κ3) is 4.24. The molecule has 7 nitrogen and oxygen atoms in total. The van der Waals surface area contributed by atoms with Gasteiger partial charge >= 0.3 is 0 Å². The van der Waals surface area contributed by atoms with E-state index in [2.05, 4.69) is 10.0 Å². The Morgan fingerprint density at radius 2 is 2.00 bits per heavy atom. The Bertz CT molecular complexity index is 802. The number of anilines is 1. The number of carbonyl (C=O) groups is 2. The average molecular weight is 379 g/mol. The van der Waals surface area contributed by atoms with Crippen molar-refractivity contribution in [1.82, 2.24) is 9.62 Å². The number of likely N-dealkylation sites (tertiary alicyclic amines) is 1. The van der Waals surface area contributed by atoms with E-state index in [1.54, 1.807) is 17.0 Å². The minimum Gasteiger partial charge on any atom is -0.330 e. The second kappa shape index (κ2) is 7.36. The molecular weight excluding hydrogens is 354 g/mol. The van der Waals surface area contributed by atoms with E-state index in [-0.39, 0.29) is 28.7 Å². The quantitative estimate of drug-likeness (QED) is 0.754. The fourth-order valence-corrected chi connectivity index (χ4v) is 4.56. The summed E-state index contributed by atoms with van der Waals surface area (Å²) in [4.78, 5) is 26.5. The number of nitrogens with zero attached hydrogens (tertiary/aromatic N) is 1. The van der Waals surface area contributed by atoms with Crippen molar-refractivity contribution in [3.8, 4) is 0 Å².